The van der Waals surface area contributed by atoms with E-state index < -0.39 is 0 Å². The maximum atomic E-state index is 3.63. The molecule has 0 spiro atoms. The molecule has 88 valence electrons. The van der Waals surface area contributed by atoms with Crippen molar-refractivity contribution in [3.8, 4) is 0 Å². The largest absolute Gasteiger partial charge is 0.314 e. The summed E-state index contributed by atoms with van der Waals surface area (Å²) >= 11 is 0. The third-order valence-corrected chi connectivity index (χ3v) is 3.72. The Bertz CT molecular complexity index is 304. The maximum absolute atomic E-state index is 3.63. The van der Waals surface area contributed by atoms with E-state index in [0.29, 0.717) is 0 Å². The van der Waals surface area contributed by atoms with Crippen LogP contribution in [-0.4, -0.2) is 12.6 Å². The molecule has 1 heteroatoms. The summed E-state index contributed by atoms with van der Waals surface area (Å²) in [6.45, 7) is 5.84. The Morgan fingerprint density at radius 1 is 1.25 bits per heavy atom. The van der Waals surface area contributed by atoms with Gasteiger partial charge in [0.25, 0.3) is 0 Å². The summed E-state index contributed by atoms with van der Waals surface area (Å²) in [7, 11) is 0. The first-order valence-corrected chi connectivity index (χ1v) is 6.53. The molecule has 1 fully saturated rings. The summed E-state index contributed by atoms with van der Waals surface area (Å²) in [5, 5.41) is 3.63. The van der Waals surface area contributed by atoms with Gasteiger partial charge in [0, 0.05) is 6.04 Å². The van der Waals surface area contributed by atoms with E-state index in [9.17, 15) is 0 Å². The van der Waals surface area contributed by atoms with Crippen molar-refractivity contribution in [1.82, 2.24) is 5.32 Å². The minimum atomic E-state index is 0.725. The van der Waals surface area contributed by atoms with Gasteiger partial charge in [-0.05, 0) is 43.2 Å². The summed E-state index contributed by atoms with van der Waals surface area (Å²) in [6, 6.07) is 11.6. The molecular weight excluding hydrogens is 194 g/mol. The highest BCUT2D eigenvalue weighted by Crippen LogP contribution is 2.24. The van der Waals surface area contributed by atoms with E-state index in [1.54, 1.807) is 0 Å². The Morgan fingerprint density at radius 2 is 2.00 bits per heavy atom. The number of rotatable bonds is 3. The van der Waals surface area contributed by atoms with Crippen molar-refractivity contribution in [2.24, 2.45) is 11.8 Å². The zero-order valence-electron chi connectivity index (χ0n) is 10.4. The van der Waals surface area contributed by atoms with Crippen LogP contribution in [0.15, 0.2) is 30.3 Å². The molecule has 0 amide bonds. The second kappa shape index (κ2) is 5.49. The van der Waals surface area contributed by atoms with Gasteiger partial charge in [-0.2, -0.15) is 0 Å². The standard InChI is InChI=1S/C15H23N/c1-12(2)15-11-14(8-9-16-15)10-13-6-4-3-5-7-13/h3-7,12,14-16H,8-11H2,1-2H3/t14-,15+/m0/s1. The summed E-state index contributed by atoms with van der Waals surface area (Å²) in [6.07, 6.45) is 3.93. The number of piperidine rings is 1. The van der Waals surface area contributed by atoms with Crippen molar-refractivity contribution >= 4 is 0 Å². The van der Waals surface area contributed by atoms with E-state index >= 15 is 0 Å². The molecule has 0 bridgehead atoms. The maximum Gasteiger partial charge on any atom is 0.00928 e. The highest BCUT2D eigenvalue weighted by molar-refractivity contribution is 5.15. The fourth-order valence-electron chi connectivity index (χ4n) is 2.67. The average molecular weight is 217 g/mol. The SMILES string of the molecule is CC(C)[C@H]1C[C@H](Cc2ccccc2)CCN1. The Hall–Kier alpha value is -0.820. The fourth-order valence-corrected chi connectivity index (χ4v) is 2.67. The number of nitrogens with one attached hydrogen (secondary N) is 1. The van der Waals surface area contributed by atoms with Gasteiger partial charge in [-0.1, -0.05) is 44.2 Å². The van der Waals surface area contributed by atoms with Crippen LogP contribution in [-0.2, 0) is 6.42 Å². The third kappa shape index (κ3) is 3.08. The Labute approximate surface area is 99.3 Å². The Morgan fingerprint density at radius 3 is 2.69 bits per heavy atom. The molecule has 1 aliphatic rings. The molecule has 0 radical (unpaired) electrons. The highest BCUT2D eigenvalue weighted by Gasteiger charge is 2.23. The second-order valence-corrected chi connectivity index (χ2v) is 5.38. The number of hydrogen-bond donors (Lipinski definition) is 1. The smallest absolute Gasteiger partial charge is 0.00928 e. The molecular formula is C15H23N. The van der Waals surface area contributed by atoms with Crippen LogP contribution in [0, 0.1) is 11.8 Å². The average Bonchev–Trinajstić information content (AvgIpc) is 2.30. The molecule has 1 heterocycles. The van der Waals surface area contributed by atoms with Crippen LogP contribution in [0.2, 0.25) is 0 Å². The quantitative estimate of drug-likeness (QED) is 0.819. The van der Waals surface area contributed by atoms with Gasteiger partial charge in [-0.25, -0.2) is 0 Å². The fraction of sp³-hybridized carbons (Fsp3) is 0.600. The minimum absolute atomic E-state index is 0.725. The first-order valence-electron chi connectivity index (χ1n) is 6.53. The van der Waals surface area contributed by atoms with Crippen molar-refractivity contribution in [3.05, 3.63) is 35.9 Å². The van der Waals surface area contributed by atoms with Gasteiger partial charge in [0.15, 0.2) is 0 Å². The summed E-state index contributed by atoms with van der Waals surface area (Å²) in [5.74, 6) is 1.63. The van der Waals surface area contributed by atoms with Crippen molar-refractivity contribution in [2.45, 2.75) is 39.2 Å². The molecule has 1 saturated heterocycles. The molecule has 2 atom stereocenters. The molecule has 0 saturated carbocycles. The Kier molecular flexibility index (Phi) is 4.00. The summed E-state index contributed by atoms with van der Waals surface area (Å²) in [5.41, 5.74) is 1.50. The van der Waals surface area contributed by atoms with E-state index in [-0.39, 0.29) is 0 Å². The lowest BCUT2D eigenvalue weighted by atomic mass is 9.83. The van der Waals surface area contributed by atoms with E-state index in [1.165, 1.54) is 31.4 Å². The first-order chi connectivity index (χ1) is 7.75. The van der Waals surface area contributed by atoms with Gasteiger partial charge in [0.1, 0.15) is 0 Å². The van der Waals surface area contributed by atoms with Crippen molar-refractivity contribution < 1.29 is 0 Å². The zero-order valence-corrected chi connectivity index (χ0v) is 10.4. The third-order valence-electron chi connectivity index (χ3n) is 3.72. The lowest BCUT2D eigenvalue weighted by molar-refractivity contribution is 0.254. The van der Waals surface area contributed by atoms with Gasteiger partial charge in [-0.15, -0.1) is 0 Å². The van der Waals surface area contributed by atoms with Crippen molar-refractivity contribution in [2.75, 3.05) is 6.54 Å². The lowest BCUT2D eigenvalue weighted by Crippen LogP contribution is -2.41. The molecule has 0 unspecified atom stereocenters. The van der Waals surface area contributed by atoms with E-state index in [4.69, 9.17) is 0 Å². The monoisotopic (exact) mass is 217 g/mol. The van der Waals surface area contributed by atoms with Crippen LogP contribution < -0.4 is 5.32 Å². The molecule has 0 aliphatic carbocycles. The molecule has 1 aromatic rings. The molecule has 1 N–H and O–H groups in total. The van der Waals surface area contributed by atoms with Crippen LogP contribution in [0.4, 0.5) is 0 Å². The van der Waals surface area contributed by atoms with Crippen LogP contribution >= 0.6 is 0 Å². The van der Waals surface area contributed by atoms with Crippen molar-refractivity contribution in [1.29, 1.82) is 0 Å². The Balaban J connectivity index is 1.90. The van der Waals surface area contributed by atoms with Crippen LogP contribution in [0.1, 0.15) is 32.3 Å². The zero-order chi connectivity index (χ0) is 11.4. The molecule has 1 aromatic carbocycles. The van der Waals surface area contributed by atoms with Gasteiger partial charge in [-0.3, -0.25) is 0 Å². The van der Waals surface area contributed by atoms with E-state index in [0.717, 1.165) is 17.9 Å². The van der Waals surface area contributed by atoms with Crippen LogP contribution in [0.5, 0.6) is 0 Å². The molecule has 2 rings (SSSR count). The van der Waals surface area contributed by atoms with Gasteiger partial charge < -0.3 is 5.32 Å². The second-order valence-electron chi connectivity index (χ2n) is 5.38. The first kappa shape index (κ1) is 11.7. The summed E-state index contributed by atoms with van der Waals surface area (Å²) < 4.78 is 0. The topological polar surface area (TPSA) is 12.0 Å². The molecule has 1 nitrogen and oxygen atoms in total. The van der Waals surface area contributed by atoms with Gasteiger partial charge in [0.05, 0.1) is 0 Å². The van der Waals surface area contributed by atoms with Crippen LogP contribution in [0.25, 0.3) is 0 Å². The number of hydrogen-bond acceptors (Lipinski definition) is 1. The van der Waals surface area contributed by atoms with Crippen LogP contribution in [0.3, 0.4) is 0 Å². The van der Waals surface area contributed by atoms with E-state index in [1.807, 2.05) is 0 Å². The van der Waals surface area contributed by atoms with E-state index in [2.05, 4.69) is 49.5 Å². The predicted octanol–water partition coefficient (Wildman–Crippen LogP) is 3.25. The number of benzene rings is 1. The predicted molar refractivity (Wildman–Crippen MR) is 69.5 cm³/mol. The molecule has 0 aromatic heterocycles. The lowest BCUT2D eigenvalue weighted by Gasteiger charge is -2.33. The van der Waals surface area contributed by atoms with Gasteiger partial charge in [0.2, 0.25) is 0 Å². The molecule has 1 aliphatic heterocycles. The van der Waals surface area contributed by atoms with Crippen molar-refractivity contribution in [3.63, 3.8) is 0 Å². The minimum Gasteiger partial charge on any atom is -0.314 e. The highest BCUT2D eigenvalue weighted by atomic mass is 14.9. The summed E-state index contributed by atoms with van der Waals surface area (Å²) in [4.78, 5) is 0. The molecule has 16 heavy (non-hydrogen) atoms. The van der Waals surface area contributed by atoms with Gasteiger partial charge >= 0.3 is 0 Å². The normalized spacial score (nSPS) is 25.9.